The van der Waals surface area contributed by atoms with Crippen molar-refractivity contribution in [2.24, 2.45) is 5.92 Å². The largest absolute Gasteiger partial charge is 0.392 e. The monoisotopic (exact) mass is 223 g/mol. The summed E-state index contributed by atoms with van der Waals surface area (Å²) in [6, 6.07) is 0. The number of ketones is 1. The molecule has 0 bridgehead atoms. The minimum atomic E-state index is -0.413. The zero-order valence-corrected chi connectivity index (χ0v) is 9.77. The second kappa shape index (κ2) is 5.48. The lowest BCUT2D eigenvalue weighted by Crippen LogP contribution is -2.30. The van der Waals surface area contributed by atoms with E-state index in [9.17, 15) is 9.90 Å². The molecule has 90 valence electrons. The third kappa shape index (κ3) is 2.85. The van der Waals surface area contributed by atoms with E-state index in [2.05, 4.69) is 4.90 Å². The van der Waals surface area contributed by atoms with Crippen molar-refractivity contribution in [2.75, 3.05) is 13.1 Å². The van der Waals surface area contributed by atoms with Gasteiger partial charge in [0.1, 0.15) is 0 Å². The fourth-order valence-electron chi connectivity index (χ4n) is 2.64. The van der Waals surface area contributed by atoms with Crippen LogP contribution in [0.15, 0.2) is 12.3 Å². The second-order valence-electron chi connectivity index (χ2n) is 4.92. The van der Waals surface area contributed by atoms with Crippen molar-refractivity contribution in [3.05, 3.63) is 12.3 Å². The van der Waals surface area contributed by atoms with Crippen LogP contribution in [0.2, 0.25) is 0 Å². The van der Waals surface area contributed by atoms with E-state index in [1.807, 2.05) is 6.20 Å². The van der Waals surface area contributed by atoms with Crippen LogP contribution in [-0.4, -0.2) is 35.0 Å². The fourth-order valence-corrected chi connectivity index (χ4v) is 2.64. The third-order valence-electron chi connectivity index (χ3n) is 3.69. The van der Waals surface area contributed by atoms with Crippen molar-refractivity contribution in [3.63, 3.8) is 0 Å². The summed E-state index contributed by atoms with van der Waals surface area (Å²) >= 11 is 0. The van der Waals surface area contributed by atoms with Crippen LogP contribution >= 0.6 is 0 Å². The van der Waals surface area contributed by atoms with E-state index in [1.54, 1.807) is 6.08 Å². The van der Waals surface area contributed by atoms with E-state index in [-0.39, 0.29) is 11.7 Å². The molecule has 1 saturated heterocycles. The SMILES string of the molecule is O=C(/C=C/N1CCCC1)C1CCCCC1O. The van der Waals surface area contributed by atoms with Gasteiger partial charge in [0.15, 0.2) is 5.78 Å². The molecule has 1 aliphatic carbocycles. The molecule has 0 aromatic carbocycles. The molecule has 1 N–H and O–H groups in total. The van der Waals surface area contributed by atoms with Gasteiger partial charge in [-0.05, 0) is 31.8 Å². The Balaban J connectivity index is 1.85. The number of nitrogens with zero attached hydrogens (tertiary/aromatic N) is 1. The first-order chi connectivity index (χ1) is 7.77. The molecule has 0 amide bonds. The number of hydrogen-bond donors (Lipinski definition) is 1. The van der Waals surface area contributed by atoms with Gasteiger partial charge in [-0.15, -0.1) is 0 Å². The van der Waals surface area contributed by atoms with Gasteiger partial charge in [-0.25, -0.2) is 0 Å². The summed E-state index contributed by atoms with van der Waals surface area (Å²) < 4.78 is 0. The minimum absolute atomic E-state index is 0.110. The van der Waals surface area contributed by atoms with Gasteiger partial charge >= 0.3 is 0 Å². The third-order valence-corrected chi connectivity index (χ3v) is 3.69. The molecular formula is C13H21NO2. The molecule has 3 heteroatoms. The molecule has 0 spiro atoms. The van der Waals surface area contributed by atoms with E-state index in [0.29, 0.717) is 0 Å². The number of aliphatic hydroxyl groups excluding tert-OH is 1. The highest BCUT2D eigenvalue weighted by molar-refractivity contribution is 5.92. The fraction of sp³-hybridized carbons (Fsp3) is 0.769. The topological polar surface area (TPSA) is 40.5 Å². The van der Waals surface area contributed by atoms with Crippen LogP contribution in [0.1, 0.15) is 38.5 Å². The van der Waals surface area contributed by atoms with E-state index in [4.69, 9.17) is 0 Å². The van der Waals surface area contributed by atoms with Crippen molar-refractivity contribution in [2.45, 2.75) is 44.6 Å². The van der Waals surface area contributed by atoms with Crippen molar-refractivity contribution >= 4 is 5.78 Å². The van der Waals surface area contributed by atoms with Crippen LogP contribution < -0.4 is 0 Å². The Labute approximate surface area is 97.1 Å². The maximum Gasteiger partial charge on any atom is 0.162 e. The van der Waals surface area contributed by atoms with Crippen LogP contribution in [-0.2, 0) is 4.79 Å². The first-order valence-electron chi connectivity index (χ1n) is 6.41. The molecule has 0 aromatic rings. The van der Waals surface area contributed by atoms with E-state index < -0.39 is 6.10 Å². The molecule has 1 saturated carbocycles. The van der Waals surface area contributed by atoms with Crippen LogP contribution in [0.3, 0.4) is 0 Å². The molecule has 2 rings (SSSR count). The van der Waals surface area contributed by atoms with Gasteiger partial charge in [0.25, 0.3) is 0 Å². The molecule has 1 heterocycles. The van der Waals surface area contributed by atoms with Crippen molar-refractivity contribution in [1.82, 2.24) is 4.90 Å². The molecule has 3 nitrogen and oxygen atoms in total. The highest BCUT2D eigenvalue weighted by atomic mass is 16.3. The first-order valence-corrected chi connectivity index (χ1v) is 6.41. The summed E-state index contributed by atoms with van der Waals surface area (Å²) in [5.41, 5.74) is 0. The number of likely N-dealkylation sites (tertiary alicyclic amines) is 1. The number of allylic oxidation sites excluding steroid dienone is 1. The van der Waals surface area contributed by atoms with Crippen LogP contribution in [0.4, 0.5) is 0 Å². The Bertz CT molecular complexity index is 269. The Kier molecular flexibility index (Phi) is 3.99. The molecule has 1 aliphatic heterocycles. The predicted molar refractivity (Wildman–Crippen MR) is 62.9 cm³/mol. The minimum Gasteiger partial charge on any atom is -0.392 e. The molecule has 2 aliphatic rings. The van der Waals surface area contributed by atoms with Gasteiger partial charge in [0.2, 0.25) is 0 Å². The zero-order chi connectivity index (χ0) is 11.4. The lowest BCUT2D eigenvalue weighted by Gasteiger charge is -2.25. The smallest absolute Gasteiger partial charge is 0.162 e. The molecule has 2 atom stereocenters. The molecule has 2 fully saturated rings. The van der Waals surface area contributed by atoms with Crippen LogP contribution in [0.5, 0.6) is 0 Å². The Morgan fingerprint density at radius 1 is 1.12 bits per heavy atom. The summed E-state index contributed by atoms with van der Waals surface area (Å²) in [6.45, 7) is 2.13. The summed E-state index contributed by atoms with van der Waals surface area (Å²) in [4.78, 5) is 14.1. The van der Waals surface area contributed by atoms with Gasteiger partial charge in [0.05, 0.1) is 6.10 Å². The molecule has 2 unspecified atom stereocenters. The Morgan fingerprint density at radius 3 is 2.50 bits per heavy atom. The highest BCUT2D eigenvalue weighted by Crippen LogP contribution is 2.25. The average Bonchev–Trinajstić information content (AvgIpc) is 2.79. The highest BCUT2D eigenvalue weighted by Gasteiger charge is 2.27. The predicted octanol–water partition coefficient (Wildman–Crippen LogP) is 1.72. The van der Waals surface area contributed by atoms with E-state index >= 15 is 0 Å². The number of carbonyl (C=O) groups excluding carboxylic acids is 1. The molecule has 0 radical (unpaired) electrons. The Hall–Kier alpha value is -0.830. The van der Waals surface area contributed by atoms with Crippen LogP contribution in [0.25, 0.3) is 0 Å². The van der Waals surface area contributed by atoms with Gasteiger partial charge in [-0.2, -0.15) is 0 Å². The van der Waals surface area contributed by atoms with Crippen molar-refractivity contribution < 1.29 is 9.90 Å². The second-order valence-corrected chi connectivity index (χ2v) is 4.92. The molecular weight excluding hydrogens is 202 g/mol. The number of rotatable bonds is 3. The van der Waals surface area contributed by atoms with Gasteiger partial charge in [-0.3, -0.25) is 4.79 Å². The maximum atomic E-state index is 11.9. The normalized spacial score (nSPS) is 31.2. The zero-order valence-electron chi connectivity index (χ0n) is 9.77. The molecule has 0 aromatic heterocycles. The quantitative estimate of drug-likeness (QED) is 0.741. The van der Waals surface area contributed by atoms with Crippen molar-refractivity contribution in [3.8, 4) is 0 Å². The van der Waals surface area contributed by atoms with Gasteiger partial charge in [0, 0.05) is 25.2 Å². The first kappa shape index (κ1) is 11.6. The summed E-state index contributed by atoms with van der Waals surface area (Å²) in [5, 5.41) is 9.76. The molecule has 16 heavy (non-hydrogen) atoms. The van der Waals surface area contributed by atoms with Crippen LogP contribution in [0, 0.1) is 5.92 Å². The standard InChI is InChI=1S/C13H21NO2/c15-12-6-2-1-5-11(12)13(16)7-10-14-8-3-4-9-14/h7,10-12,15H,1-6,8-9H2/b10-7+. The van der Waals surface area contributed by atoms with E-state index in [0.717, 1.165) is 38.8 Å². The van der Waals surface area contributed by atoms with E-state index in [1.165, 1.54) is 12.8 Å². The number of aliphatic hydroxyl groups is 1. The summed E-state index contributed by atoms with van der Waals surface area (Å²) in [7, 11) is 0. The Morgan fingerprint density at radius 2 is 1.81 bits per heavy atom. The summed E-state index contributed by atoms with van der Waals surface area (Å²) in [5.74, 6) is -0.0355. The lowest BCUT2D eigenvalue weighted by atomic mass is 9.83. The maximum absolute atomic E-state index is 11.9. The summed E-state index contributed by atoms with van der Waals surface area (Å²) in [6.07, 6.45) is 9.39. The van der Waals surface area contributed by atoms with Crippen molar-refractivity contribution in [1.29, 1.82) is 0 Å². The number of hydrogen-bond acceptors (Lipinski definition) is 3. The lowest BCUT2D eigenvalue weighted by molar-refractivity contribution is -0.123. The average molecular weight is 223 g/mol. The number of carbonyl (C=O) groups is 1. The van der Waals surface area contributed by atoms with Gasteiger partial charge in [-0.1, -0.05) is 12.8 Å². The van der Waals surface area contributed by atoms with Gasteiger partial charge < -0.3 is 10.0 Å².